The highest BCUT2D eigenvalue weighted by Crippen LogP contribution is 2.26. The Bertz CT molecular complexity index is 648. The van der Waals surface area contributed by atoms with Crippen molar-refractivity contribution in [1.82, 2.24) is 4.98 Å². The minimum Gasteiger partial charge on any atom is -0.486 e. The number of aryl methyl sites for hydroxylation is 2. The van der Waals surface area contributed by atoms with E-state index in [4.69, 9.17) is 10.00 Å². The van der Waals surface area contributed by atoms with Gasteiger partial charge in [0.25, 0.3) is 0 Å². The molecular weight excluding hydrogens is 280 g/mol. The molecule has 1 heterocycles. The Morgan fingerprint density at radius 3 is 2.48 bits per heavy atom. The van der Waals surface area contributed by atoms with Crippen LogP contribution in [0.1, 0.15) is 46.5 Å². The summed E-state index contributed by atoms with van der Waals surface area (Å²) in [6.07, 6.45) is 0.425. The molecule has 4 heteroatoms. The van der Waals surface area contributed by atoms with Crippen molar-refractivity contribution in [3.8, 4) is 11.8 Å². The van der Waals surface area contributed by atoms with Crippen molar-refractivity contribution in [3.63, 3.8) is 0 Å². The SMILES string of the molecule is Cc1cc(C)cc(OCc2nc(C(C)C)c(CC#N)s2)c1. The molecule has 2 rings (SSSR count). The molecule has 1 aromatic heterocycles. The van der Waals surface area contributed by atoms with Gasteiger partial charge in [0.15, 0.2) is 0 Å². The summed E-state index contributed by atoms with van der Waals surface area (Å²) in [6.45, 7) is 8.78. The summed E-state index contributed by atoms with van der Waals surface area (Å²) in [6, 6.07) is 8.39. The molecule has 0 saturated heterocycles. The Labute approximate surface area is 130 Å². The van der Waals surface area contributed by atoms with Crippen molar-refractivity contribution >= 4 is 11.3 Å². The number of hydrogen-bond acceptors (Lipinski definition) is 4. The monoisotopic (exact) mass is 300 g/mol. The highest BCUT2D eigenvalue weighted by atomic mass is 32.1. The molecule has 0 aliphatic carbocycles. The van der Waals surface area contributed by atoms with E-state index in [0.29, 0.717) is 18.9 Å². The zero-order chi connectivity index (χ0) is 15.4. The van der Waals surface area contributed by atoms with Crippen LogP contribution in [-0.2, 0) is 13.0 Å². The van der Waals surface area contributed by atoms with Gasteiger partial charge in [-0.2, -0.15) is 5.26 Å². The van der Waals surface area contributed by atoms with Crippen molar-refractivity contribution in [2.75, 3.05) is 0 Å². The van der Waals surface area contributed by atoms with Gasteiger partial charge in [-0.05, 0) is 43.0 Å². The second kappa shape index (κ2) is 6.73. The molecule has 110 valence electrons. The molecule has 0 aliphatic rings. The first-order valence-electron chi connectivity index (χ1n) is 7.06. The van der Waals surface area contributed by atoms with Gasteiger partial charge in [0, 0.05) is 4.88 Å². The van der Waals surface area contributed by atoms with Gasteiger partial charge in [-0.3, -0.25) is 0 Å². The first-order chi connectivity index (χ1) is 9.99. The third-order valence-electron chi connectivity index (χ3n) is 3.12. The summed E-state index contributed by atoms with van der Waals surface area (Å²) < 4.78 is 5.84. The lowest BCUT2D eigenvalue weighted by molar-refractivity contribution is 0.305. The Balaban J connectivity index is 2.13. The molecule has 2 aromatic rings. The molecule has 0 bridgehead atoms. The van der Waals surface area contributed by atoms with Crippen molar-refractivity contribution in [3.05, 3.63) is 44.9 Å². The maximum Gasteiger partial charge on any atom is 0.140 e. The highest BCUT2D eigenvalue weighted by Gasteiger charge is 2.14. The number of ether oxygens (including phenoxy) is 1. The van der Waals surface area contributed by atoms with Crippen molar-refractivity contribution in [2.45, 2.75) is 46.6 Å². The fourth-order valence-corrected chi connectivity index (χ4v) is 3.36. The van der Waals surface area contributed by atoms with Crippen LogP contribution in [0.5, 0.6) is 5.75 Å². The Morgan fingerprint density at radius 2 is 1.90 bits per heavy atom. The molecule has 0 spiro atoms. The third-order valence-corrected chi connectivity index (χ3v) is 4.16. The first-order valence-corrected chi connectivity index (χ1v) is 7.87. The van der Waals surface area contributed by atoms with Gasteiger partial charge in [-0.1, -0.05) is 19.9 Å². The number of hydrogen-bond donors (Lipinski definition) is 0. The van der Waals surface area contributed by atoms with Crippen LogP contribution < -0.4 is 4.74 Å². The van der Waals surface area contributed by atoms with E-state index >= 15 is 0 Å². The standard InChI is InChI=1S/C17H20N2OS/c1-11(2)17-15(5-6-18)21-16(19-17)10-20-14-8-12(3)7-13(4)9-14/h7-9,11H,5,10H2,1-4H3. The van der Waals surface area contributed by atoms with E-state index in [2.05, 4.69) is 44.8 Å². The quantitative estimate of drug-likeness (QED) is 0.815. The number of aromatic nitrogens is 1. The summed E-state index contributed by atoms with van der Waals surface area (Å²) >= 11 is 1.58. The molecule has 0 radical (unpaired) electrons. The van der Waals surface area contributed by atoms with Crippen LogP contribution in [0.4, 0.5) is 0 Å². The van der Waals surface area contributed by atoms with Crippen LogP contribution >= 0.6 is 11.3 Å². The summed E-state index contributed by atoms with van der Waals surface area (Å²) in [5.74, 6) is 1.20. The van der Waals surface area contributed by atoms with Crippen molar-refractivity contribution in [2.24, 2.45) is 0 Å². The topological polar surface area (TPSA) is 45.9 Å². The fraction of sp³-hybridized carbons (Fsp3) is 0.412. The number of rotatable bonds is 5. The summed E-state index contributed by atoms with van der Waals surface area (Å²) in [5.41, 5.74) is 3.41. The summed E-state index contributed by atoms with van der Waals surface area (Å²) in [7, 11) is 0. The van der Waals surface area contributed by atoms with E-state index in [9.17, 15) is 0 Å². The minimum atomic E-state index is 0.333. The van der Waals surface area contributed by atoms with E-state index in [1.54, 1.807) is 11.3 Å². The lowest BCUT2D eigenvalue weighted by atomic mass is 10.1. The van der Waals surface area contributed by atoms with Gasteiger partial charge >= 0.3 is 0 Å². The highest BCUT2D eigenvalue weighted by molar-refractivity contribution is 7.11. The molecule has 0 atom stereocenters. The fourth-order valence-electron chi connectivity index (χ4n) is 2.29. The summed E-state index contributed by atoms with van der Waals surface area (Å²) in [4.78, 5) is 5.69. The molecular formula is C17H20N2OS. The van der Waals surface area contributed by atoms with E-state index in [0.717, 1.165) is 21.3 Å². The first kappa shape index (κ1) is 15.5. The van der Waals surface area contributed by atoms with Crippen LogP contribution in [0.15, 0.2) is 18.2 Å². The van der Waals surface area contributed by atoms with Gasteiger partial charge in [0.1, 0.15) is 17.4 Å². The van der Waals surface area contributed by atoms with E-state index in [1.807, 2.05) is 12.1 Å². The molecule has 21 heavy (non-hydrogen) atoms. The molecule has 0 N–H and O–H groups in total. The molecule has 0 amide bonds. The lowest BCUT2D eigenvalue weighted by Gasteiger charge is -2.06. The molecule has 0 aliphatic heterocycles. The number of benzene rings is 1. The lowest BCUT2D eigenvalue weighted by Crippen LogP contribution is -1.97. The second-order valence-electron chi connectivity index (χ2n) is 5.52. The van der Waals surface area contributed by atoms with Crippen molar-refractivity contribution < 1.29 is 4.74 Å². The smallest absolute Gasteiger partial charge is 0.140 e. The molecule has 0 fully saturated rings. The van der Waals surface area contributed by atoms with Crippen LogP contribution in [0, 0.1) is 25.2 Å². The average molecular weight is 300 g/mol. The number of thiazole rings is 1. The largest absolute Gasteiger partial charge is 0.486 e. The third kappa shape index (κ3) is 4.05. The Hall–Kier alpha value is -1.86. The molecule has 3 nitrogen and oxygen atoms in total. The van der Waals surface area contributed by atoms with E-state index in [1.165, 1.54) is 11.1 Å². The maximum absolute atomic E-state index is 8.90. The maximum atomic E-state index is 8.90. The van der Waals surface area contributed by atoms with Gasteiger partial charge in [-0.15, -0.1) is 11.3 Å². The van der Waals surface area contributed by atoms with Gasteiger partial charge in [0.2, 0.25) is 0 Å². The van der Waals surface area contributed by atoms with Crippen LogP contribution in [-0.4, -0.2) is 4.98 Å². The second-order valence-corrected chi connectivity index (χ2v) is 6.69. The predicted octanol–water partition coefficient (Wildman–Crippen LogP) is 4.53. The molecule has 1 aromatic carbocycles. The van der Waals surface area contributed by atoms with E-state index in [-0.39, 0.29) is 0 Å². The number of nitrogens with zero attached hydrogens (tertiary/aromatic N) is 2. The van der Waals surface area contributed by atoms with Gasteiger partial charge < -0.3 is 4.74 Å². The van der Waals surface area contributed by atoms with Crippen LogP contribution in [0.3, 0.4) is 0 Å². The van der Waals surface area contributed by atoms with Crippen molar-refractivity contribution in [1.29, 1.82) is 5.26 Å². The Morgan fingerprint density at radius 1 is 1.24 bits per heavy atom. The zero-order valence-corrected chi connectivity index (χ0v) is 13.8. The predicted molar refractivity (Wildman–Crippen MR) is 85.8 cm³/mol. The number of nitriles is 1. The Kier molecular flexibility index (Phi) is 4.98. The van der Waals surface area contributed by atoms with Gasteiger partial charge in [-0.25, -0.2) is 4.98 Å². The normalized spacial score (nSPS) is 10.7. The van der Waals surface area contributed by atoms with E-state index < -0.39 is 0 Å². The van der Waals surface area contributed by atoms with Gasteiger partial charge in [0.05, 0.1) is 18.2 Å². The molecule has 0 unspecified atom stereocenters. The van der Waals surface area contributed by atoms with Crippen LogP contribution in [0.25, 0.3) is 0 Å². The molecule has 0 saturated carbocycles. The summed E-state index contributed by atoms with van der Waals surface area (Å²) in [5, 5.41) is 9.84. The zero-order valence-electron chi connectivity index (χ0n) is 12.9. The average Bonchev–Trinajstić information content (AvgIpc) is 2.79. The minimum absolute atomic E-state index is 0.333. The van der Waals surface area contributed by atoms with Crippen LogP contribution in [0.2, 0.25) is 0 Å².